The molecule has 3 aromatic heterocycles. The van der Waals surface area contributed by atoms with Crippen molar-refractivity contribution >= 4 is 28.5 Å². The summed E-state index contributed by atoms with van der Waals surface area (Å²) in [6, 6.07) is 6.48. The van der Waals surface area contributed by atoms with Crippen molar-refractivity contribution in [2.45, 2.75) is 39.7 Å². The van der Waals surface area contributed by atoms with Crippen LogP contribution in [0.2, 0.25) is 5.02 Å². The van der Waals surface area contributed by atoms with Crippen molar-refractivity contribution in [2.75, 3.05) is 37.7 Å². The van der Waals surface area contributed by atoms with E-state index in [1.54, 1.807) is 12.3 Å². The first-order valence-electron chi connectivity index (χ1n) is 13.4. The highest BCUT2D eigenvalue weighted by Gasteiger charge is 2.29. The minimum Gasteiger partial charge on any atom is -0.486 e. The minimum atomic E-state index is -0.558. The predicted molar refractivity (Wildman–Crippen MR) is 153 cm³/mol. The van der Waals surface area contributed by atoms with Crippen LogP contribution in [-0.2, 0) is 0 Å². The van der Waals surface area contributed by atoms with E-state index in [4.69, 9.17) is 26.1 Å². The van der Waals surface area contributed by atoms with Gasteiger partial charge in [-0.2, -0.15) is 4.98 Å². The molecule has 9 nitrogen and oxygen atoms in total. The fourth-order valence-electron chi connectivity index (χ4n) is 5.45. The second-order valence-electron chi connectivity index (χ2n) is 10.5. The second kappa shape index (κ2) is 10.3. The van der Waals surface area contributed by atoms with E-state index in [9.17, 15) is 4.79 Å². The van der Waals surface area contributed by atoms with Crippen molar-refractivity contribution in [3.63, 3.8) is 0 Å². The fourth-order valence-corrected chi connectivity index (χ4v) is 5.70. The highest BCUT2D eigenvalue weighted by Crippen LogP contribution is 2.44. The number of nitrogens with one attached hydrogen (secondary N) is 1. The van der Waals surface area contributed by atoms with E-state index >= 15 is 4.39 Å². The number of fused-ring (bicyclic) bond motifs is 2. The van der Waals surface area contributed by atoms with E-state index in [1.807, 2.05) is 26.8 Å². The number of aromatic nitrogens is 4. The first-order chi connectivity index (χ1) is 19.3. The third-order valence-electron chi connectivity index (χ3n) is 7.39. The van der Waals surface area contributed by atoms with Gasteiger partial charge in [-0.1, -0.05) is 25.4 Å². The van der Waals surface area contributed by atoms with Crippen LogP contribution in [0.15, 0.2) is 35.3 Å². The molecule has 6 rings (SSSR count). The first-order valence-corrected chi connectivity index (χ1v) is 13.8. The van der Waals surface area contributed by atoms with Crippen LogP contribution >= 0.6 is 11.6 Å². The zero-order valence-electron chi connectivity index (χ0n) is 22.8. The summed E-state index contributed by atoms with van der Waals surface area (Å²) in [5, 5.41) is 4.16. The summed E-state index contributed by atoms with van der Waals surface area (Å²) in [6.45, 7) is 10.8. The number of piperazine rings is 1. The molecule has 0 aliphatic carbocycles. The van der Waals surface area contributed by atoms with E-state index in [0.717, 1.165) is 24.3 Å². The van der Waals surface area contributed by atoms with Crippen molar-refractivity contribution in [3.8, 4) is 28.4 Å². The van der Waals surface area contributed by atoms with E-state index in [0.29, 0.717) is 41.4 Å². The number of pyridine rings is 2. The molecular weight excluding hydrogens is 535 g/mol. The Labute approximate surface area is 235 Å². The number of aryl methyl sites for hydroxylation is 1. The second-order valence-corrected chi connectivity index (χ2v) is 10.9. The van der Waals surface area contributed by atoms with Crippen LogP contribution < -0.4 is 25.4 Å². The maximum absolute atomic E-state index is 15.5. The summed E-state index contributed by atoms with van der Waals surface area (Å²) in [4.78, 5) is 30.1. The van der Waals surface area contributed by atoms with Gasteiger partial charge in [-0.3, -0.25) is 4.98 Å². The Kier molecular flexibility index (Phi) is 6.83. The molecule has 0 amide bonds. The summed E-state index contributed by atoms with van der Waals surface area (Å²) >= 11 is 6.87. The molecule has 4 aromatic rings. The summed E-state index contributed by atoms with van der Waals surface area (Å²) in [6.07, 6.45) is 1.73. The summed E-state index contributed by atoms with van der Waals surface area (Å²) < 4.78 is 28.5. The van der Waals surface area contributed by atoms with Crippen LogP contribution in [0.3, 0.4) is 0 Å². The molecule has 1 fully saturated rings. The van der Waals surface area contributed by atoms with E-state index < -0.39 is 11.5 Å². The number of rotatable bonds is 4. The van der Waals surface area contributed by atoms with Gasteiger partial charge in [0.1, 0.15) is 24.8 Å². The van der Waals surface area contributed by atoms with Gasteiger partial charge < -0.3 is 19.7 Å². The van der Waals surface area contributed by atoms with Gasteiger partial charge in [0.05, 0.1) is 33.0 Å². The molecule has 2 aliphatic rings. The SMILES string of the molecule is Cc1ccnc(C(C)C)c1-n1c(=O)nc(N2CCNC[C@@H]2C)c2cc(Cl)c(-c3c(F)ccc4c3OCCO4)nc21. The Morgan fingerprint density at radius 1 is 1.18 bits per heavy atom. The lowest BCUT2D eigenvalue weighted by molar-refractivity contribution is 0.171. The lowest BCUT2D eigenvalue weighted by Crippen LogP contribution is -2.50. The molecule has 0 spiro atoms. The average molecular weight is 565 g/mol. The minimum absolute atomic E-state index is 0.0145. The Balaban J connectivity index is 1.72. The molecule has 1 saturated heterocycles. The molecule has 2 aliphatic heterocycles. The largest absolute Gasteiger partial charge is 0.486 e. The maximum Gasteiger partial charge on any atom is 0.355 e. The quantitative estimate of drug-likeness (QED) is 0.383. The molecule has 0 radical (unpaired) electrons. The van der Waals surface area contributed by atoms with Gasteiger partial charge in [0.25, 0.3) is 0 Å². The molecule has 1 N–H and O–H groups in total. The van der Waals surface area contributed by atoms with E-state index in [1.165, 1.54) is 16.7 Å². The molecule has 0 unspecified atom stereocenters. The molecule has 208 valence electrons. The highest BCUT2D eigenvalue weighted by molar-refractivity contribution is 6.34. The topological polar surface area (TPSA) is 94.4 Å². The lowest BCUT2D eigenvalue weighted by atomic mass is 10.0. The van der Waals surface area contributed by atoms with Gasteiger partial charge in [-0.25, -0.2) is 18.7 Å². The van der Waals surface area contributed by atoms with Crippen molar-refractivity contribution in [1.82, 2.24) is 24.8 Å². The molecule has 0 saturated carbocycles. The number of nitrogens with zero attached hydrogens (tertiary/aromatic N) is 5. The van der Waals surface area contributed by atoms with Crippen molar-refractivity contribution in [2.24, 2.45) is 0 Å². The first kappa shape index (κ1) is 26.5. The van der Waals surface area contributed by atoms with Gasteiger partial charge in [0.2, 0.25) is 0 Å². The number of anilines is 1. The molecule has 1 atom stereocenters. The number of ether oxygens (including phenoxy) is 2. The predicted octanol–water partition coefficient (Wildman–Crippen LogP) is 4.64. The fraction of sp³-hybridized carbons (Fsp3) is 0.379. The average Bonchev–Trinajstić information content (AvgIpc) is 2.93. The number of halogens is 2. The van der Waals surface area contributed by atoms with Crippen molar-refractivity contribution < 1.29 is 13.9 Å². The summed E-state index contributed by atoms with van der Waals surface area (Å²) in [7, 11) is 0. The van der Waals surface area contributed by atoms with Crippen LogP contribution in [0.4, 0.5) is 10.2 Å². The number of benzene rings is 1. The Morgan fingerprint density at radius 3 is 2.75 bits per heavy atom. The zero-order valence-corrected chi connectivity index (χ0v) is 23.5. The molecule has 40 heavy (non-hydrogen) atoms. The molecule has 0 bridgehead atoms. The van der Waals surface area contributed by atoms with Gasteiger partial charge in [-0.15, -0.1) is 0 Å². The van der Waals surface area contributed by atoms with E-state index in [2.05, 4.69) is 27.1 Å². The zero-order chi connectivity index (χ0) is 28.1. The van der Waals surface area contributed by atoms with Gasteiger partial charge >= 0.3 is 5.69 Å². The van der Waals surface area contributed by atoms with Gasteiger partial charge in [0, 0.05) is 31.9 Å². The van der Waals surface area contributed by atoms with E-state index in [-0.39, 0.29) is 40.6 Å². The molecule has 5 heterocycles. The molecular formula is C29H30ClFN6O3. The standard InChI is InChI=1S/C29H30ClFN6O3/c1-15(2)23-25(16(3)7-8-33-23)37-28-18(27(35-29(37)38)36-10-9-32-14-17(36)4)13-19(30)24(34-28)22-20(31)5-6-21-26(22)40-12-11-39-21/h5-8,13,15,17,32H,9-12,14H2,1-4H3/t17-/m0/s1. The lowest BCUT2D eigenvalue weighted by Gasteiger charge is -2.35. The highest BCUT2D eigenvalue weighted by atomic mass is 35.5. The van der Waals surface area contributed by atoms with Crippen LogP contribution in [0.1, 0.15) is 37.9 Å². The Morgan fingerprint density at radius 2 is 1.98 bits per heavy atom. The monoisotopic (exact) mass is 564 g/mol. The maximum atomic E-state index is 15.5. The Bertz CT molecular complexity index is 1690. The van der Waals surface area contributed by atoms with Gasteiger partial charge in [0.15, 0.2) is 17.1 Å². The molecule has 1 aromatic carbocycles. The Hall–Kier alpha value is -3.76. The summed E-state index contributed by atoms with van der Waals surface area (Å²) in [5.41, 5.74) is 2.23. The van der Waals surface area contributed by atoms with Crippen LogP contribution in [0.25, 0.3) is 28.0 Å². The van der Waals surface area contributed by atoms with Crippen LogP contribution in [0.5, 0.6) is 11.5 Å². The van der Waals surface area contributed by atoms with Crippen molar-refractivity contribution in [3.05, 3.63) is 63.0 Å². The molecule has 11 heteroatoms. The van der Waals surface area contributed by atoms with Gasteiger partial charge in [-0.05, 0) is 49.6 Å². The normalized spacial score (nSPS) is 17.1. The van der Waals surface area contributed by atoms with Crippen molar-refractivity contribution in [1.29, 1.82) is 0 Å². The number of hydrogen-bond donors (Lipinski definition) is 1. The van der Waals surface area contributed by atoms with Crippen LogP contribution in [-0.4, -0.2) is 58.4 Å². The number of hydrogen-bond acceptors (Lipinski definition) is 8. The van der Waals surface area contributed by atoms with Crippen LogP contribution in [0, 0.1) is 12.7 Å². The third-order valence-corrected chi connectivity index (χ3v) is 7.68. The third kappa shape index (κ3) is 4.35. The summed E-state index contributed by atoms with van der Waals surface area (Å²) in [5.74, 6) is 0.597. The smallest absolute Gasteiger partial charge is 0.355 e.